The third-order valence-electron chi connectivity index (χ3n) is 19.1. The van der Waals surface area contributed by atoms with Gasteiger partial charge < -0.3 is 84.6 Å². The maximum Gasteiger partial charge on any atom is 0.315 e. The molecule has 3 heterocycles. The number of fused-ring (bicyclic) bond motifs is 7. The first-order valence-electron chi connectivity index (χ1n) is 24.3. The number of aliphatic hydroxyl groups is 10. The number of hydrogen-bond acceptors (Lipinski definition) is 18. The molecule has 0 aromatic rings. The lowest BCUT2D eigenvalue weighted by molar-refractivity contribution is -0.364. The molecular formula is C48H76O19. The van der Waals surface area contributed by atoms with Crippen molar-refractivity contribution in [1.82, 2.24) is 0 Å². The molecule has 0 bridgehead atoms. The van der Waals surface area contributed by atoms with Gasteiger partial charge in [0.05, 0.1) is 36.3 Å². The van der Waals surface area contributed by atoms with Crippen LogP contribution in [0.3, 0.4) is 0 Å². The SMILES string of the molecule is C[C@H]1O[C@@H](O[C@H]2CC[C@]3(C)[C@H]4CC=C5[C@@H]6CC(C)(C)CC[C@]6(C(=O)O[C@@H]6O[C@H](CO)[C@@H](O)[C@H](O)[C@H]6O)CC[C@@]5(C(=O)O)[C@]4(C)CC[C@H]3C2(C)C)[C@H](O)[C@@H](O)[C@H]1O[C@@H]1O[C@H](CO)[C@@H](O)[C@H](O)[C@H]1O. The van der Waals surface area contributed by atoms with Crippen molar-refractivity contribution in [3.05, 3.63) is 11.6 Å². The molecule has 23 atom stereocenters. The van der Waals surface area contributed by atoms with Gasteiger partial charge in [-0.25, -0.2) is 0 Å². The van der Waals surface area contributed by atoms with Crippen LogP contribution in [0.2, 0.25) is 0 Å². The van der Waals surface area contributed by atoms with Gasteiger partial charge in [-0.1, -0.05) is 53.2 Å². The third-order valence-corrected chi connectivity index (χ3v) is 19.1. The zero-order chi connectivity index (χ0) is 49.1. The van der Waals surface area contributed by atoms with Crippen molar-refractivity contribution in [2.75, 3.05) is 13.2 Å². The van der Waals surface area contributed by atoms with Gasteiger partial charge in [-0.3, -0.25) is 9.59 Å². The molecule has 0 aromatic heterocycles. The van der Waals surface area contributed by atoms with E-state index in [0.29, 0.717) is 51.4 Å². The highest BCUT2D eigenvalue weighted by molar-refractivity contribution is 5.85. The minimum absolute atomic E-state index is 0.0350. The first kappa shape index (κ1) is 51.4. The number of allylic oxidation sites excluding steroid dienone is 1. The smallest absolute Gasteiger partial charge is 0.315 e. The fourth-order valence-corrected chi connectivity index (χ4v) is 15.1. The van der Waals surface area contributed by atoms with E-state index in [2.05, 4.69) is 47.6 Å². The van der Waals surface area contributed by atoms with E-state index in [4.69, 9.17) is 28.4 Å². The molecule has 67 heavy (non-hydrogen) atoms. The Morgan fingerprint density at radius 1 is 0.657 bits per heavy atom. The number of aliphatic carboxylic acids is 1. The summed E-state index contributed by atoms with van der Waals surface area (Å²) in [5.41, 5.74) is -3.59. The Bertz CT molecular complexity index is 1870. The Labute approximate surface area is 391 Å². The summed E-state index contributed by atoms with van der Waals surface area (Å²) in [6.45, 7) is 13.1. The van der Waals surface area contributed by atoms with Crippen LogP contribution in [0.15, 0.2) is 11.6 Å². The second-order valence-electron chi connectivity index (χ2n) is 23.3. The van der Waals surface area contributed by atoms with E-state index in [1.807, 2.05) is 0 Å². The van der Waals surface area contributed by atoms with Crippen LogP contribution >= 0.6 is 0 Å². The van der Waals surface area contributed by atoms with E-state index >= 15 is 0 Å². The summed E-state index contributed by atoms with van der Waals surface area (Å²) >= 11 is 0. The first-order chi connectivity index (χ1) is 31.3. The van der Waals surface area contributed by atoms with Gasteiger partial charge in [0, 0.05) is 0 Å². The topological polar surface area (TPSA) is 312 Å². The molecule has 3 saturated heterocycles. The van der Waals surface area contributed by atoms with Crippen molar-refractivity contribution < 1.29 is 94.2 Å². The third kappa shape index (κ3) is 7.88. The van der Waals surface area contributed by atoms with Gasteiger partial charge in [0.15, 0.2) is 12.6 Å². The van der Waals surface area contributed by atoms with Crippen molar-refractivity contribution in [1.29, 1.82) is 0 Å². The van der Waals surface area contributed by atoms with Gasteiger partial charge in [0.25, 0.3) is 0 Å². The molecule has 0 radical (unpaired) electrons. The Morgan fingerprint density at radius 2 is 1.22 bits per heavy atom. The highest BCUT2D eigenvalue weighted by atomic mass is 16.7. The molecule has 11 N–H and O–H groups in total. The van der Waals surface area contributed by atoms with Crippen molar-refractivity contribution in [2.45, 2.75) is 211 Å². The molecule has 0 unspecified atom stereocenters. The molecule has 382 valence electrons. The monoisotopic (exact) mass is 956 g/mol. The maximum atomic E-state index is 14.7. The number of hydrogen-bond donors (Lipinski definition) is 11. The van der Waals surface area contributed by atoms with Crippen molar-refractivity contribution in [2.24, 2.45) is 50.2 Å². The molecule has 4 saturated carbocycles. The maximum absolute atomic E-state index is 14.7. The lowest BCUT2D eigenvalue weighted by Gasteiger charge is -2.70. The molecule has 0 amide bonds. The largest absolute Gasteiger partial charge is 0.481 e. The van der Waals surface area contributed by atoms with E-state index in [9.17, 15) is 65.8 Å². The summed E-state index contributed by atoms with van der Waals surface area (Å²) in [5, 5.41) is 117. The number of aliphatic hydroxyl groups excluding tert-OH is 10. The van der Waals surface area contributed by atoms with E-state index in [1.54, 1.807) is 6.92 Å². The molecule has 0 aromatic carbocycles. The molecule has 7 fully saturated rings. The Hall–Kier alpha value is -1.92. The molecule has 3 aliphatic heterocycles. The summed E-state index contributed by atoms with van der Waals surface area (Å²) in [5.74, 6) is -2.14. The highest BCUT2D eigenvalue weighted by Crippen LogP contribution is 2.76. The number of carboxylic acids is 1. The highest BCUT2D eigenvalue weighted by Gasteiger charge is 2.73. The number of carboxylic acid groups (broad SMARTS) is 1. The van der Waals surface area contributed by atoms with Gasteiger partial charge in [-0.05, 0) is 111 Å². The molecule has 19 heteroatoms. The zero-order valence-corrected chi connectivity index (χ0v) is 39.7. The summed E-state index contributed by atoms with van der Waals surface area (Å²) in [6, 6.07) is 0. The van der Waals surface area contributed by atoms with Gasteiger partial charge in [-0.15, -0.1) is 0 Å². The van der Waals surface area contributed by atoms with Crippen LogP contribution in [-0.4, -0.2) is 180 Å². The van der Waals surface area contributed by atoms with Crippen LogP contribution in [0, 0.1) is 50.2 Å². The fourth-order valence-electron chi connectivity index (χ4n) is 15.1. The van der Waals surface area contributed by atoms with Gasteiger partial charge >= 0.3 is 11.9 Å². The van der Waals surface area contributed by atoms with Crippen LogP contribution < -0.4 is 0 Å². The normalized spacial score (nSPS) is 52.6. The number of rotatable bonds is 9. The predicted molar refractivity (Wildman–Crippen MR) is 231 cm³/mol. The molecule has 5 aliphatic carbocycles. The Morgan fingerprint density at radius 3 is 1.84 bits per heavy atom. The zero-order valence-electron chi connectivity index (χ0n) is 39.7. The fraction of sp³-hybridized carbons (Fsp3) is 0.917. The number of carbonyl (C=O) groups excluding carboxylic acids is 1. The minimum atomic E-state index is -1.77. The second-order valence-corrected chi connectivity index (χ2v) is 23.3. The first-order valence-corrected chi connectivity index (χ1v) is 24.3. The van der Waals surface area contributed by atoms with Crippen molar-refractivity contribution in [3.63, 3.8) is 0 Å². The summed E-state index contributed by atoms with van der Waals surface area (Å²) in [7, 11) is 0. The van der Waals surface area contributed by atoms with E-state index in [0.717, 1.165) is 5.57 Å². The van der Waals surface area contributed by atoms with Crippen molar-refractivity contribution >= 4 is 11.9 Å². The van der Waals surface area contributed by atoms with Crippen LogP contribution in [0.25, 0.3) is 0 Å². The molecule has 8 aliphatic rings. The van der Waals surface area contributed by atoms with E-state index in [1.165, 1.54) is 0 Å². The minimum Gasteiger partial charge on any atom is -0.481 e. The molecule has 19 nitrogen and oxygen atoms in total. The van der Waals surface area contributed by atoms with Crippen LogP contribution in [0.1, 0.15) is 113 Å². The van der Waals surface area contributed by atoms with Gasteiger partial charge in [0.2, 0.25) is 6.29 Å². The Kier molecular flexibility index (Phi) is 13.8. The average Bonchev–Trinajstić information content (AvgIpc) is 3.27. The van der Waals surface area contributed by atoms with Crippen LogP contribution in [0.4, 0.5) is 0 Å². The number of esters is 1. The molecule has 0 spiro atoms. The number of carbonyl (C=O) groups is 2. The predicted octanol–water partition coefficient (Wildman–Crippen LogP) is 0.233. The molecule has 8 rings (SSSR count). The Balaban J connectivity index is 1.02. The van der Waals surface area contributed by atoms with Crippen LogP contribution in [0.5, 0.6) is 0 Å². The summed E-state index contributed by atoms with van der Waals surface area (Å²) in [6.07, 6.45) is -15.9. The van der Waals surface area contributed by atoms with Crippen LogP contribution in [-0.2, 0) is 38.0 Å². The lowest BCUT2D eigenvalue weighted by Crippen LogP contribution is -2.68. The quantitative estimate of drug-likeness (QED) is 0.0838. The van der Waals surface area contributed by atoms with Crippen molar-refractivity contribution in [3.8, 4) is 0 Å². The summed E-state index contributed by atoms with van der Waals surface area (Å²) < 4.78 is 35.6. The standard InChI is InChI=1S/C48H76O19/c1-21-37(66-39-34(56)31(53)29(51)24(19-49)63-39)33(55)36(58)38(62-21)65-28-11-12-45(6)26(44(28,4)5)10-13-46(7)27(45)9-8-22-23-18-43(2,3)14-15-47(23,16-17-48(22,46)41(59)60)42(61)67-40-35(57)32(54)30(52)25(20-50)64-40/h8,21,23-40,49-58H,9-20H2,1-7H3,(H,59,60)/t21-,23+,24-,25-,26+,27-,28+,29-,30-,31+,32+,33-,34-,35-,36-,37+,38+,39+,40+,45+,46-,47+,48-/m1/s1. The summed E-state index contributed by atoms with van der Waals surface area (Å²) in [4.78, 5) is 29.0. The van der Waals surface area contributed by atoms with Gasteiger partial charge in [0.1, 0.15) is 67.1 Å². The van der Waals surface area contributed by atoms with E-state index < -0.39 is 151 Å². The lowest BCUT2D eigenvalue weighted by atomic mass is 9.33. The average molecular weight is 957 g/mol. The van der Waals surface area contributed by atoms with Gasteiger partial charge in [-0.2, -0.15) is 0 Å². The van der Waals surface area contributed by atoms with E-state index in [-0.39, 0.29) is 35.5 Å². The second kappa shape index (κ2) is 18.0. The number of ether oxygens (including phenoxy) is 6. The molecular weight excluding hydrogens is 881 g/mol.